The zero-order valence-corrected chi connectivity index (χ0v) is 14.9. The molecule has 1 fully saturated rings. The fourth-order valence-corrected chi connectivity index (χ4v) is 3.59. The molecule has 0 spiro atoms. The molecule has 0 aliphatic heterocycles. The van der Waals surface area contributed by atoms with E-state index in [1.165, 1.54) is 0 Å². The van der Waals surface area contributed by atoms with Gasteiger partial charge in [0.1, 0.15) is 0 Å². The molecule has 6 heteroatoms. The Morgan fingerprint density at radius 1 is 1.16 bits per heavy atom. The molecule has 1 aromatic carbocycles. The molecule has 0 unspecified atom stereocenters. The molecule has 2 aromatic rings. The first-order valence-corrected chi connectivity index (χ1v) is 8.58. The van der Waals surface area contributed by atoms with Crippen LogP contribution in [-0.2, 0) is 11.3 Å². The molecule has 1 N–H and O–H groups in total. The van der Waals surface area contributed by atoms with Crippen molar-refractivity contribution in [3.63, 3.8) is 0 Å². The molecule has 0 atom stereocenters. The summed E-state index contributed by atoms with van der Waals surface area (Å²) in [6.45, 7) is 1.90. The van der Waals surface area contributed by atoms with Crippen LogP contribution < -0.4 is 15.0 Å². The minimum absolute atomic E-state index is 0.0127. The Balaban J connectivity index is 1.99. The molecule has 25 heavy (non-hydrogen) atoms. The van der Waals surface area contributed by atoms with Crippen LogP contribution in [0.1, 0.15) is 38.2 Å². The van der Waals surface area contributed by atoms with Crippen LogP contribution in [0.25, 0.3) is 10.9 Å². The van der Waals surface area contributed by atoms with Gasteiger partial charge in [0.2, 0.25) is 5.91 Å². The molecule has 1 aliphatic rings. The number of methoxy groups -OCH3 is 2. The van der Waals surface area contributed by atoms with E-state index in [4.69, 9.17) is 9.47 Å². The van der Waals surface area contributed by atoms with E-state index in [0.717, 1.165) is 31.1 Å². The predicted octanol–water partition coefficient (Wildman–Crippen LogP) is 2.84. The highest BCUT2D eigenvalue weighted by atomic mass is 16.5. The summed E-state index contributed by atoms with van der Waals surface area (Å²) in [7, 11) is 3.14. The summed E-state index contributed by atoms with van der Waals surface area (Å²) in [4.78, 5) is 29.3. The predicted molar refractivity (Wildman–Crippen MR) is 96.2 cm³/mol. The maximum absolute atomic E-state index is 12.5. The Kier molecular flexibility index (Phi) is 4.97. The number of ether oxygens (including phenoxy) is 2. The number of aromatic amines is 1. The Bertz CT molecular complexity index is 837. The summed E-state index contributed by atoms with van der Waals surface area (Å²) in [5.74, 6) is 1.18. The zero-order valence-electron chi connectivity index (χ0n) is 14.9. The number of carbonyl (C=O) groups excluding carboxylic acids is 1. The van der Waals surface area contributed by atoms with E-state index in [0.29, 0.717) is 29.1 Å². The molecular formula is C19H24N2O4. The summed E-state index contributed by atoms with van der Waals surface area (Å²) in [5, 5.41) is 0.849. The van der Waals surface area contributed by atoms with Crippen molar-refractivity contribution in [3.05, 3.63) is 34.1 Å². The molecule has 1 heterocycles. The topological polar surface area (TPSA) is 71.6 Å². The summed E-state index contributed by atoms with van der Waals surface area (Å²) in [5.41, 5.74) is 1.09. The summed E-state index contributed by atoms with van der Waals surface area (Å²) in [6.07, 6.45) is 4.30. The van der Waals surface area contributed by atoms with Crippen LogP contribution in [0.2, 0.25) is 0 Å². The number of rotatable bonds is 5. The average molecular weight is 344 g/mol. The van der Waals surface area contributed by atoms with E-state index in [1.54, 1.807) is 27.2 Å². The average Bonchev–Trinajstić information content (AvgIpc) is 3.12. The fourth-order valence-electron chi connectivity index (χ4n) is 3.59. The monoisotopic (exact) mass is 344 g/mol. The Morgan fingerprint density at radius 3 is 2.40 bits per heavy atom. The first-order valence-electron chi connectivity index (χ1n) is 8.58. The van der Waals surface area contributed by atoms with Crippen LogP contribution in [0.5, 0.6) is 11.5 Å². The van der Waals surface area contributed by atoms with Gasteiger partial charge in [0, 0.05) is 30.0 Å². The lowest BCUT2D eigenvalue weighted by molar-refractivity contribution is -0.131. The van der Waals surface area contributed by atoms with Gasteiger partial charge in [0.05, 0.1) is 26.3 Å². The van der Waals surface area contributed by atoms with Crippen molar-refractivity contribution in [3.8, 4) is 11.5 Å². The number of fused-ring (bicyclic) bond motifs is 1. The Labute approximate surface area is 146 Å². The third-order valence-corrected chi connectivity index (χ3v) is 4.94. The van der Waals surface area contributed by atoms with E-state index >= 15 is 0 Å². The van der Waals surface area contributed by atoms with Gasteiger partial charge in [-0.25, -0.2) is 0 Å². The molecule has 1 aliphatic carbocycles. The van der Waals surface area contributed by atoms with Crippen LogP contribution in [0.3, 0.4) is 0 Å². The molecule has 134 valence electrons. The standard InChI is InChI=1S/C19H24N2O4/c1-12(22)21(15-6-4-5-7-15)11-14-8-13-9-17(24-2)18(25-3)10-16(13)20-19(14)23/h8-10,15H,4-7,11H2,1-3H3,(H,20,23). The number of H-pyrrole nitrogens is 1. The number of hydrogen-bond acceptors (Lipinski definition) is 4. The van der Waals surface area contributed by atoms with Gasteiger partial charge in [-0.15, -0.1) is 0 Å². The van der Waals surface area contributed by atoms with Crippen LogP contribution in [0.4, 0.5) is 0 Å². The normalized spacial score (nSPS) is 14.7. The lowest BCUT2D eigenvalue weighted by atomic mass is 10.1. The van der Waals surface area contributed by atoms with Gasteiger partial charge in [0.25, 0.3) is 5.56 Å². The van der Waals surface area contributed by atoms with E-state index in [1.807, 2.05) is 17.0 Å². The van der Waals surface area contributed by atoms with Gasteiger partial charge < -0.3 is 19.4 Å². The highest BCUT2D eigenvalue weighted by molar-refractivity contribution is 5.83. The van der Waals surface area contributed by atoms with Crippen LogP contribution >= 0.6 is 0 Å². The van der Waals surface area contributed by atoms with Gasteiger partial charge >= 0.3 is 0 Å². The van der Waals surface area contributed by atoms with Gasteiger partial charge in [0.15, 0.2) is 11.5 Å². The van der Waals surface area contributed by atoms with Crippen LogP contribution in [0.15, 0.2) is 23.0 Å². The number of nitrogens with one attached hydrogen (secondary N) is 1. The first kappa shape index (κ1) is 17.3. The van der Waals surface area contributed by atoms with E-state index in [-0.39, 0.29) is 17.5 Å². The molecule has 6 nitrogen and oxygen atoms in total. The van der Waals surface area contributed by atoms with Gasteiger partial charge in [-0.05, 0) is 25.0 Å². The number of hydrogen-bond donors (Lipinski definition) is 1. The quantitative estimate of drug-likeness (QED) is 0.905. The molecule has 1 amide bonds. The van der Waals surface area contributed by atoms with Crippen molar-refractivity contribution in [1.82, 2.24) is 9.88 Å². The number of benzene rings is 1. The van der Waals surface area contributed by atoms with Gasteiger partial charge in [-0.3, -0.25) is 9.59 Å². The van der Waals surface area contributed by atoms with Crippen molar-refractivity contribution in [2.24, 2.45) is 0 Å². The molecule has 0 radical (unpaired) electrons. The second-order valence-electron chi connectivity index (χ2n) is 6.50. The highest BCUT2D eigenvalue weighted by Crippen LogP contribution is 2.31. The largest absolute Gasteiger partial charge is 0.493 e. The van der Waals surface area contributed by atoms with Crippen LogP contribution in [-0.4, -0.2) is 36.1 Å². The number of carbonyl (C=O) groups is 1. The second-order valence-corrected chi connectivity index (χ2v) is 6.50. The molecule has 3 rings (SSSR count). The number of amides is 1. The first-order chi connectivity index (χ1) is 12.0. The molecule has 0 bridgehead atoms. The van der Waals surface area contributed by atoms with Crippen molar-refractivity contribution >= 4 is 16.8 Å². The molecule has 0 saturated heterocycles. The maximum atomic E-state index is 12.5. The summed E-state index contributed by atoms with van der Waals surface area (Å²) >= 11 is 0. The Morgan fingerprint density at radius 2 is 1.80 bits per heavy atom. The summed E-state index contributed by atoms with van der Waals surface area (Å²) < 4.78 is 10.6. The fraction of sp³-hybridized carbons (Fsp3) is 0.474. The Hall–Kier alpha value is -2.50. The minimum Gasteiger partial charge on any atom is -0.493 e. The minimum atomic E-state index is -0.177. The van der Waals surface area contributed by atoms with E-state index in [9.17, 15) is 9.59 Å². The van der Waals surface area contributed by atoms with Gasteiger partial charge in [-0.1, -0.05) is 12.8 Å². The molecule has 1 aromatic heterocycles. The third kappa shape index (κ3) is 3.48. The van der Waals surface area contributed by atoms with E-state index < -0.39 is 0 Å². The summed E-state index contributed by atoms with van der Waals surface area (Å²) in [6, 6.07) is 5.65. The maximum Gasteiger partial charge on any atom is 0.253 e. The molecular weight excluding hydrogens is 320 g/mol. The smallest absolute Gasteiger partial charge is 0.253 e. The van der Waals surface area contributed by atoms with Crippen molar-refractivity contribution in [1.29, 1.82) is 0 Å². The lowest BCUT2D eigenvalue weighted by Gasteiger charge is -2.27. The molecule has 1 saturated carbocycles. The zero-order chi connectivity index (χ0) is 18.0. The van der Waals surface area contributed by atoms with Gasteiger partial charge in [-0.2, -0.15) is 0 Å². The number of aromatic nitrogens is 1. The SMILES string of the molecule is COc1cc2cc(CN(C(C)=O)C3CCCC3)c(=O)[nH]c2cc1OC. The number of pyridine rings is 1. The third-order valence-electron chi connectivity index (χ3n) is 4.94. The van der Waals surface area contributed by atoms with Crippen molar-refractivity contribution in [2.75, 3.05) is 14.2 Å². The van der Waals surface area contributed by atoms with Crippen molar-refractivity contribution in [2.45, 2.75) is 45.2 Å². The lowest BCUT2D eigenvalue weighted by Crippen LogP contribution is -2.38. The highest BCUT2D eigenvalue weighted by Gasteiger charge is 2.25. The van der Waals surface area contributed by atoms with Crippen LogP contribution in [0, 0.1) is 0 Å². The van der Waals surface area contributed by atoms with E-state index in [2.05, 4.69) is 4.98 Å². The second kappa shape index (κ2) is 7.17. The number of nitrogens with zero attached hydrogens (tertiary/aromatic N) is 1. The van der Waals surface area contributed by atoms with Crippen molar-refractivity contribution < 1.29 is 14.3 Å².